The molecule has 0 atom stereocenters. The zero-order valence-electron chi connectivity index (χ0n) is 26.9. The van der Waals surface area contributed by atoms with Crippen LogP contribution >= 0.6 is 0 Å². The average Bonchev–Trinajstić information content (AvgIpc) is 3.43. The Hall–Kier alpha value is -4.82. The second-order valence-electron chi connectivity index (χ2n) is 12.7. The first-order chi connectivity index (χ1) is 22.0. The van der Waals surface area contributed by atoms with Crippen molar-refractivity contribution in [1.29, 1.82) is 0 Å². The normalized spacial score (nSPS) is 13.2. The van der Waals surface area contributed by atoms with Gasteiger partial charge in [0.2, 0.25) is 0 Å². The number of aromatic nitrogens is 2. The molecule has 0 saturated heterocycles. The quantitative estimate of drug-likeness (QED) is 0.168. The van der Waals surface area contributed by atoms with E-state index in [0.29, 0.717) is 0 Å². The second kappa shape index (κ2) is 11.9. The number of hydrogen-bond donors (Lipinski definition) is 0. The minimum Gasteiger partial charge on any atom is -0.313 e. The van der Waals surface area contributed by atoms with Gasteiger partial charge in [0.25, 0.3) is 0 Å². The highest BCUT2D eigenvalue weighted by atomic mass is 15.0. The Kier molecular flexibility index (Phi) is 7.67. The van der Waals surface area contributed by atoms with Crippen LogP contribution < -0.4 is 0 Å². The van der Waals surface area contributed by atoms with Gasteiger partial charge >= 0.3 is 0 Å². The van der Waals surface area contributed by atoms with Gasteiger partial charge < -0.3 is 9.13 Å². The number of aryl methyl sites for hydroxylation is 1. The largest absolute Gasteiger partial charge is 0.313 e. The molecule has 2 heteroatoms. The number of benzene rings is 4. The highest BCUT2D eigenvalue weighted by molar-refractivity contribution is 5.93. The van der Waals surface area contributed by atoms with E-state index in [2.05, 4.69) is 170 Å². The highest BCUT2D eigenvalue weighted by Gasteiger charge is 2.24. The number of fused-ring (bicyclic) bond motifs is 4. The van der Waals surface area contributed by atoms with E-state index in [0.717, 1.165) is 25.7 Å². The predicted molar refractivity (Wildman–Crippen MR) is 194 cm³/mol. The summed E-state index contributed by atoms with van der Waals surface area (Å²) in [5.74, 6) is 0. The van der Waals surface area contributed by atoms with E-state index in [-0.39, 0.29) is 5.41 Å². The molecule has 2 aromatic heterocycles. The third kappa shape index (κ3) is 4.99. The molecule has 0 amide bonds. The smallest absolute Gasteiger partial charge is 0.0537 e. The zero-order chi connectivity index (χ0) is 31.0. The maximum Gasteiger partial charge on any atom is 0.0537 e. The zero-order valence-corrected chi connectivity index (χ0v) is 26.9. The molecule has 224 valence electrons. The standard InChI is InChI=1S/C43H42N2/c1-5-7-19-39-35(15-6-2)36-17-11-13-21-41(36)44(39)33-27-23-31(24-28-33)43(3,4)32-25-29-34(30-26-32)45-40-20-10-8-9-16-37(40)38-18-12-14-22-42(38)45/h7-14,16-19,21-30H,5-6,15,20H2,1-4H3/b19-7-. The van der Waals surface area contributed by atoms with Crippen molar-refractivity contribution in [2.24, 2.45) is 0 Å². The third-order valence-electron chi connectivity index (χ3n) is 9.56. The van der Waals surface area contributed by atoms with Crippen LogP contribution in [0, 0.1) is 0 Å². The number of hydrogen-bond acceptors (Lipinski definition) is 0. The molecule has 45 heavy (non-hydrogen) atoms. The van der Waals surface area contributed by atoms with Gasteiger partial charge in [0.1, 0.15) is 0 Å². The Morgan fingerprint density at radius 1 is 0.689 bits per heavy atom. The van der Waals surface area contributed by atoms with Crippen LogP contribution in [0.1, 0.15) is 74.2 Å². The summed E-state index contributed by atoms with van der Waals surface area (Å²) in [6.45, 7) is 9.15. The number of nitrogens with zero attached hydrogens (tertiary/aromatic N) is 2. The van der Waals surface area contributed by atoms with E-state index in [1.807, 2.05) is 0 Å². The highest BCUT2D eigenvalue weighted by Crippen LogP contribution is 2.37. The molecule has 6 aromatic rings. The molecule has 0 fully saturated rings. The summed E-state index contributed by atoms with van der Waals surface area (Å²) >= 11 is 0. The minimum absolute atomic E-state index is 0.144. The van der Waals surface area contributed by atoms with E-state index in [9.17, 15) is 0 Å². The molecule has 0 spiro atoms. The molecule has 1 aliphatic carbocycles. The molecule has 1 aliphatic rings. The van der Waals surface area contributed by atoms with Gasteiger partial charge in [-0.15, -0.1) is 0 Å². The molecular formula is C43H42N2. The first kappa shape index (κ1) is 28.9. The van der Waals surface area contributed by atoms with Gasteiger partial charge in [-0.2, -0.15) is 0 Å². The molecule has 0 bridgehead atoms. The molecule has 0 aliphatic heterocycles. The van der Waals surface area contributed by atoms with E-state index >= 15 is 0 Å². The summed E-state index contributed by atoms with van der Waals surface area (Å²) in [6, 6.07) is 36.1. The topological polar surface area (TPSA) is 9.86 Å². The van der Waals surface area contributed by atoms with Crippen LogP contribution in [-0.2, 0) is 18.3 Å². The van der Waals surface area contributed by atoms with Crippen molar-refractivity contribution >= 4 is 34.0 Å². The molecule has 0 N–H and O–H groups in total. The average molecular weight is 587 g/mol. The summed E-state index contributed by atoms with van der Waals surface area (Å²) in [5, 5.41) is 2.67. The Bertz CT molecular complexity index is 2070. The Labute approximate surface area is 267 Å². The minimum atomic E-state index is -0.144. The van der Waals surface area contributed by atoms with Crippen LogP contribution in [0.15, 0.2) is 121 Å². The van der Waals surface area contributed by atoms with Crippen molar-refractivity contribution in [2.45, 2.75) is 58.8 Å². The van der Waals surface area contributed by atoms with Crippen molar-refractivity contribution in [3.8, 4) is 11.4 Å². The first-order valence-corrected chi connectivity index (χ1v) is 16.5. The van der Waals surface area contributed by atoms with Crippen molar-refractivity contribution in [3.05, 3.63) is 155 Å². The fourth-order valence-electron chi connectivity index (χ4n) is 7.15. The van der Waals surface area contributed by atoms with E-state index in [1.54, 1.807) is 0 Å². The van der Waals surface area contributed by atoms with Gasteiger partial charge in [0, 0.05) is 50.9 Å². The monoisotopic (exact) mass is 586 g/mol. The molecule has 4 aromatic carbocycles. The molecule has 7 rings (SSSR count). The third-order valence-corrected chi connectivity index (χ3v) is 9.56. The molecule has 2 heterocycles. The molecular weight excluding hydrogens is 544 g/mol. The summed E-state index contributed by atoms with van der Waals surface area (Å²) in [4.78, 5) is 0. The Morgan fingerprint density at radius 2 is 1.29 bits per heavy atom. The molecule has 0 unspecified atom stereocenters. The van der Waals surface area contributed by atoms with Crippen molar-refractivity contribution in [3.63, 3.8) is 0 Å². The van der Waals surface area contributed by atoms with Gasteiger partial charge in [0.15, 0.2) is 0 Å². The second-order valence-corrected chi connectivity index (χ2v) is 12.7. The lowest BCUT2D eigenvalue weighted by atomic mass is 9.78. The van der Waals surface area contributed by atoms with Crippen molar-refractivity contribution < 1.29 is 0 Å². The van der Waals surface area contributed by atoms with Gasteiger partial charge in [0.05, 0.1) is 11.0 Å². The summed E-state index contributed by atoms with van der Waals surface area (Å²) in [7, 11) is 0. The molecule has 0 radical (unpaired) electrons. The van der Waals surface area contributed by atoms with E-state index in [4.69, 9.17) is 0 Å². The van der Waals surface area contributed by atoms with Gasteiger partial charge in [-0.25, -0.2) is 0 Å². The fraction of sp³-hybridized carbons (Fsp3) is 0.209. The van der Waals surface area contributed by atoms with Crippen LogP contribution in [0.25, 0.3) is 45.3 Å². The van der Waals surface area contributed by atoms with Crippen LogP contribution in [0.4, 0.5) is 0 Å². The van der Waals surface area contributed by atoms with Crippen LogP contribution in [0.5, 0.6) is 0 Å². The van der Waals surface area contributed by atoms with E-state index < -0.39 is 0 Å². The van der Waals surface area contributed by atoms with Crippen molar-refractivity contribution in [2.75, 3.05) is 0 Å². The van der Waals surface area contributed by atoms with E-state index in [1.165, 1.54) is 66.8 Å². The lowest BCUT2D eigenvalue weighted by Crippen LogP contribution is -2.19. The Morgan fingerprint density at radius 3 is 1.93 bits per heavy atom. The van der Waals surface area contributed by atoms with Gasteiger partial charge in [-0.3, -0.25) is 0 Å². The number of rotatable bonds is 8. The maximum absolute atomic E-state index is 2.45. The lowest BCUT2D eigenvalue weighted by Gasteiger charge is -2.27. The fourth-order valence-corrected chi connectivity index (χ4v) is 7.15. The summed E-state index contributed by atoms with van der Waals surface area (Å²) < 4.78 is 4.89. The summed E-state index contributed by atoms with van der Waals surface area (Å²) in [6.07, 6.45) is 17.6. The van der Waals surface area contributed by atoms with Gasteiger partial charge in [-0.1, -0.05) is 125 Å². The number of para-hydroxylation sites is 2. The SMILES string of the molecule is CC/C=C\c1c(CCC)c2ccccc2n1-c1ccc(C(C)(C)c2ccc(-n3c4c(c5ccccc53)C=CC=CC4)cc2)cc1. The molecule has 0 saturated carbocycles. The first-order valence-electron chi connectivity index (χ1n) is 16.5. The molecule has 2 nitrogen and oxygen atoms in total. The maximum atomic E-state index is 2.45. The van der Waals surface area contributed by atoms with Crippen LogP contribution in [-0.4, -0.2) is 9.13 Å². The predicted octanol–water partition coefficient (Wildman–Crippen LogP) is 11.4. The summed E-state index contributed by atoms with van der Waals surface area (Å²) in [5.41, 5.74) is 12.9. The van der Waals surface area contributed by atoms with Crippen LogP contribution in [0.3, 0.4) is 0 Å². The van der Waals surface area contributed by atoms with Crippen LogP contribution in [0.2, 0.25) is 0 Å². The van der Waals surface area contributed by atoms with Gasteiger partial charge in [-0.05, 0) is 72.0 Å². The Balaban J connectivity index is 1.25. The number of allylic oxidation sites excluding steroid dienone is 4. The van der Waals surface area contributed by atoms with Crippen molar-refractivity contribution in [1.82, 2.24) is 9.13 Å². The lowest BCUT2D eigenvalue weighted by molar-refractivity contribution is 0.640.